The van der Waals surface area contributed by atoms with E-state index >= 15 is 0 Å². The number of rotatable bonds is 7. The molecule has 0 aliphatic carbocycles. The van der Waals surface area contributed by atoms with E-state index in [-0.39, 0.29) is 17.1 Å². The third-order valence-electron chi connectivity index (χ3n) is 6.46. The van der Waals surface area contributed by atoms with Crippen LogP contribution in [0.2, 0.25) is 0 Å². The number of hydrogen-bond donors (Lipinski definition) is 0. The van der Waals surface area contributed by atoms with Crippen LogP contribution in [0.3, 0.4) is 0 Å². The lowest BCUT2D eigenvalue weighted by atomic mass is 10.1. The molecule has 180 valence electrons. The van der Waals surface area contributed by atoms with Crippen molar-refractivity contribution in [1.82, 2.24) is 23.8 Å². The molecule has 0 amide bonds. The van der Waals surface area contributed by atoms with Crippen LogP contribution < -0.4 is 16.1 Å². The highest BCUT2D eigenvalue weighted by molar-refractivity contribution is 5.79. The number of halogens is 1. The average Bonchev–Trinajstić information content (AvgIpc) is 2.90. The molecule has 0 saturated carbocycles. The van der Waals surface area contributed by atoms with Crippen LogP contribution in [0.4, 0.5) is 10.3 Å². The van der Waals surface area contributed by atoms with E-state index in [1.807, 2.05) is 6.07 Å². The quantitative estimate of drug-likeness (QED) is 0.384. The monoisotopic (exact) mass is 474 g/mol. The first-order valence-corrected chi connectivity index (χ1v) is 11.9. The lowest BCUT2D eigenvalue weighted by molar-refractivity contribution is 0.250. The fourth-order valence-electron chi connectivity index (χ4n) is 4.59. The molecule has 1 aromatic carbocycles. The van der Waals surface area contributed by atoms with E-state index in [0.29, 0.717) is 29.6 Å². The van der Waals surface area contributed by atoms with Gasteiger partial charge in [-0.05, 0) is 55.3 Å². The van der Waals surface area contributed by atoms with Crippen molar-refractivity contribution in [2.24, 2.45) is 0 Å². The van der Waals surface area contributed by atoms with Crippen LogP contribution in [0.25, 0.3) is 16.6 Å². The molecule has 0 spiro atoms. The molecule has 4 heterocycles. The van der Waals surface area contributed by atoms with Crippen LogP contribution in [0.15, 0.2) is 76.7 Å². The van der Waals surface area contributed by atoms with Gasteiger partial charge in [0.2, 0.25) is 5.95 Å². The first kappa shape index (κ1) is 22.9. The molecule has 0 N–H and O–H groups in total. The third-order valence-corrected chi connectivity index (χ3v) is 6.46. The first-order chi connectivity index (χ1) is 17.1. The Morgan fingerprint density at radius 2 is 1.54 bits per heavy atom. The zero-order valence-corrected chi connectivity index (χ0v) is 19.4. The van der Waals surface area contributed by atoms with Crippen LogP contribution in [0, 0.1) is 5.82 Å². The molecule has 1 aliphatic rings. The number of fused-ring (bicyclic) bond motifs is 1. The third kappa shape index (κ3) is 4.85. The molecule has 5 rings (SSSR count). The van der Waals surface area contributed by atoms with Gasteiger partial charge in [-0.3, -0.25) is 18.7 Å². The van der Waals surface area contributed by atoms with Crippen molar-refractivity contribution in [3.05, 3.63) is 93.8 Å². The summed E-state index contributed by atoms with van der Waals surface area (Å²) in [6.45, 7) is 4.82. The summed E-state index contributed by atoms with van der Waals surface area (Å²) >= 11 is 0. The molecule has 1 fully saturated rings. The van der Waals surface area contributed by atoms with Crippen LogP contribution in [-0.2, 0) is 6.54 Å². The first-order valence-electron chi connectivity index (χ1n) is 11.9. The van der Waals surface area contributed by atoms with Gasteiger partial charge in [0, 0.05) is 51.3 Å². The summed E-state index contributed by atoms with van der Waals surface area (Å²) in [5.41, 5.74) is 0.821. The van der Waals surface area contributed by atoms with E-state index in [2.05, 4.69) is 19.8 Å². The van der Waals surface area contributed by atoms with Crippen molar-refractivity contribution in [3.8, 4) is 11.1 Å². The normalized spacial score (nSPS) is 14.5. The van der Waals surface area contributed by atoms with Crippen molar-refractivity contribution in [1.29, 1.82) is 0 Å². The summed E-state index contributed by atoms with van der Waals surface area (Å²) in [6, 6.07) is 12.9. The lowest BCUT2D eigenvalue weighted by Crippen LogP contribution is -2.47. The van der Waals surface area contributed by atoms with E-state index in [0.717, 1.165) is 45.1 Å². The average molecular weight is 475 g/mol. The highest BCUT2D eigenvalue weighted by atomic mass is 19.1. The van der Waals surface area contributed by atoms with Crippen molar-refractivity contribution in [3.63, 3.8) is 0 Å². The van der Waals surface area contributed by atoms with E-state index in [4.69, 9.17) is 0 Å². The molecule has 0 atom stereocenters. The minimum absolute atomic E-state index is 0.335. The molecule has 35 heavy (non-hydrogen) atoms. The van der Waals surface area contributed by atoms with E-state index in [1.54, 1.807) is 48.9 Å². The number of unbranched alkanes of at least 4 members (excludes halogenated alkanes) is 1. The predicted molar refractivity (Wildman–Crippen MR) is 133 cm³/mol. The van der Waals surface area contributed by atoms with E-state index in [9.17, 15) is 14.0 Å². The van der Waals surface area contributed by atoms with Gasteiger partial charge in [0.05, 0.1) is 11.1 Å². The molecule has 0 bridgehead atoms. The summed E-state index contributed by atoms with van der Waals surface area (Å²) < 4.78 is 16.3. The minimum atomic E-state index is -0.372. The fraction of sp³-hybridized carbons (Fsp3) is 0.308. The molecule has 3 aromatic heterocycles. The van der Waals surface area contributed by atoms with Crippen LogP contribution in [0.1, 0.15) is 12.8 Å². The zero-order valence-electron chi connectivity index (χ0n) is 19.4. The van der Waals surface area contributed by atoms with Crippen LogP contribution in [-0.4, -0.2) is 56.6 Å². The Morgan fingerprint density at radius 1 is 0.829 bits per heavy atom. The second kappa shape index (κ2) is 10.2. The van der Waals surface area contributed by atoms with E-state index < -0.39 is 0 Å². The van der Waals surface area contributed by atoms with Crippen molar-refractivity contribution in [2.75, 3.05) is 37.6 Å². The van der Waals surface area contributed by atoms with Gasteiger partial charge in [0.15, 0.2) is 0 Å². The van der Waals surface area contributed by atoms with E-state index in [1.165, 1.54) is 21.1 Å². The maximum absolute atomic E-state index is 13.5. The van der Waals surface area contributed by atoms with Crippen LogP contribution in [0.5, 0.6) is 0 Å². The largest absolute Gasteiger partial charge is 0.338 e. The maximum atomic E-state index is 13.5. The van der Waals surface area contributed by atoms with Gasteiger partial charge in [-0.2, -0.15) is 0 Å². The number of pyridine rings is 1. The molecule has 0 unspecified atom stereocenters. The molecule has 1 aliphatic heterocycles. The Kier molecular flexibility index (Phi) is 6.67. The number of aromatic nitrogens is 4. The molecule has 9 heteroatoms. The standard InChI is InChI=1S/C26H27FN6O2/c27-21-9-7-20(8-10-21)23-22-6-1-2-14-32(22)26(35)33(24(23)34)15-4-3-13-30-16-18-31(19-17-30)25-28-11-5-12-29-25/h1-2,5-12,14H,3-4,13,15-19H2. The number of anilines is 1. The van der Waals surface area contributed by atoms with Gasteiger partial charge >= 0.3 is 5.69 Å². The van der Waals surface area contributed by atoms with Gasteiger partial charge in [0.25, 0.3) is 5.56 Å². The molecular formula is C26H27FN6O2. The summed E-state index contributed by atoms with van der Waals surface area (Å²) in [5.74, 6) is 0.392. The Bertz CT molecular complexity index is 1410. The van der Waals surface area contributed by atoms with Crippen molar-refractivity contribution in [2.45, 2.75) is 19.4 Å². The topological polar surface area (TPSA) is 75.7 Å². The Labute approximate surface area is 201 Å². The van der Waals surface area contributed by atoms with Gasteiger partial charge in [0.1, 0.15) is 5.82 Å². The van der Waals surface area contributed by atoms with Gasteiger partial charge in [-0.25, -0.2) is 19.2 Å². The molecular weight excluding hydrogens is 447 g/mol. The summed E-state index contributed by atoms with van der Waals surface area (Å²) in [5, 5.41) is 0. The zero-order chi connectivity index (χ0) is 24.2. The van der Waals surface area contributed by atoms with Gasteiger partial charge in [-0.15, -0.1) is 0 Å². The van der Waals surface area contributed by atoms with Crippen molar-refractivity contribution < 1.29 is 4.39 Å². The second-order valence-electron chi connectivity index (χ2n) is 8.66. The highest BCUT2D eigenvalue weighted by Crippen LogP contribution is 2.20. The molecule has 4 aromatic rings. The number of nitrogens with zero attached hydrogens (tertiary/aromatic N) is 6. The maximum Gasteiger partial charge on any atom is 0.335 e. The number of benzene rings is 1. The van der Waals surface area contributed by atoms with Crippen LogP contribution >= 0.6 is 0 Å². The summed E-state index contributed by atoms with van der Waals surface area (Å²) in [7, 11) is 0. The SMILES string of the molecule is O=c1c(-c2ccc(F)cc2)c2ccccn2c(=O)n1CCCCN1CCN(c2ncccn2)CC1. The summed E-state index contributed by atoms with van der Waals surface area (Å²) in [4.78, 5) is 39.7. The van der Waals surface area contributed by atoms with Crippen molar-refractivity contribution >= 4 is 11.5 Å². The molecule has 1 saturated heterocycles. The molecule has 0 radical (unpaired) electrons. The van der Waals surface area contributed by atoms with Gasteiger partial charge < -0.3 is 4.90 Å². The Morgan fingerprint density at radius 3 is 2.29 bits per heavy atom. The highest BCUT2D eigenvalue weighted by Gasteiger charge is 2.19. The summed E-state index contributed by atoms with van der Waals surface area (Å²) in [6.07, 6.45) is 6.76. The smallest absolute Gasteiger partial charge is 0.335 e. The fourth-order valence-corrected chi connectivity index (χ4v) is 4.59. The lowest BCUT2D eigenvalue weighted by Gasteiger charge is -2.34. The minimum Gasteiger partial charge on any atom is -0.338 e. The second-order valence-corrected chi connectivity index (χ2v) is 8.66. The Balaban J connectivity index is 1.27. The number of piperazine rings is 1. The van der Waals surface area contributed by atoms with Gasteiger partial charge in [-0.1, -0.05) is 18.2 Å². The number of hydrogen-bond acceptors (Lipinski definition) is 6. The Hall–Kier alpha value is -3.85. The predicted octanol–water partition coefficient (Wildman–Crippen LogP) is 2.66. The molecule has 8 nitrogen and oxygen atoms in total.